The van der Waals surface area contributed by atoms with E-state index in [0.717, 1.165) is 57.0 Å². The van der Waals surface area contributed by atoms with Crippen LogP contribution in [0.3, 0.4) is 0 Å². The SMILES string of the molecule is CCO[Si](C)(CCCCC=CCCl)OCCCO[Si](C)(CCCCC=CCCl)OCC. The van der Waals surface area contributed by atoms with Crippen molar-refractivity contribution in [2.24, 2.45) is 0 Å². The summed E-state index contributed by atoms with van der Waals surface area (Å²) in [5.41, 5.74) is 0. The van der Waals surface area contributed by atoms with Crippen LogP contribution in [0.15, 0.2) is 24.3 Å². The van der Waals surface area contributed by atoms with Gasteiger partial charge in [-0.1, -0.05) is 37.1 Å². The Morgan fingerprint density at radius 1 is 0.581 bits per heavy atom. The van der Waals surface area contributed by atoms with Crippen molar-refractivity contribution in [3.8, 4) is 0 Å². The first-order chi connectivity index (χ1) is 14.9. The van der Waals surface area contributed by atoms with Crippen LogP contribution in [-0.4, -0.2) is 55.3 Å². The summed E-state index contributed by atoms with van der Waals surface area (Å²) < 4.78 is 24.6. The average Bonchev–Trinajstić information content (AvgIpc) is 2.73. The van der Waals surface area contributed by atoms with E-state index in [4.69, 9.17) is 40.9 Å². The van der Waals surface area contributed by atoms with Gasteiger partial charge in [0.2, 0.25) is 0 Å². The van der Waals surface area contributed by atoms with Crippen molar-refractivity contribution in [2.75, 3.05) is 38.2 Å². The van der Waals surface area contributed by atoms with E-state index in [9.17, 15) is 0 Å². The number of hydrogen-bond acceptors (Lipinski definition) is 4. The fourth-order valence-electron chi connectivity index (χ4n) is 3.40. The number of unbranched alkanes of at least 4 members (excludes halogenated alkanes) is 4. The van der Waals surface area contributed by atoms with Crippen molar-refractivity contribution in [2.45, 2.75) is 84.0 Å². The first-order valence-corrected chi connectivity index (χ1v) is 18.0. The molecule has 4 nitrogen and oxygen atoms in total. The Labute approximate surface area is 204 Å². The van der Waals surface area contributed by atoms with Gasteiger partial charge in [0, 0.05) is 38.2 Å². The highest BCUT2D eigenvalue weighted by Gasteiger charge is 2.32. The molecule has 0 radical (unpaired) electrons. The second kappa shape index (κ2) is 20.9. The fourth-order valence-corrected chi connectivity index (χ4v) is 8.55. The summed E-state index contributed by atoms with van der Waals surface area (Å²) in [7, 11) is -4.22. The Morgan fingerprint density at radius 3 is 1.35 bits per heavy atom. The van der Waals surface area contributed by atoms with Crippen molar-refractivity contribution in [1.82, 2.24) is 0 Å². The first-order valence-electron chi connectivity index (χ1n) is 11.9. The molecule has 0 aliphatic carbocycles. The number of alkyl halides is 2. The van der Waals surface area contributed by atoms with E-state index >= 15 is 0 Å². The standard InChI is InChI=1S/C23H46Cl2O4Si2/c1-5-26-30(3,22-15-11-7-9-13-18-24)28-20-17-21-29-31(4,27-6-2)23-16-12-8-10-14-19-25/h9-10,13-14H,5-8,11-12,15-23H2,1-4H3. The molecule has 0 bridgehead atoms. The lowest BCUT2D eigenvalue weighted by Gasteiger charge is -2.28. The van der Waals surface area contributed by atoms with Crippen LogP contribution in [0, 0.1) is 0 Å². The minimum atomic E-state index is -2.11. The van der Waals surface area contributed by atoms with Gasteiger partial charge in [-0.05, 0) is 71.1 Å². The van der Waals surface area contributed by atoms with Crippen LogP contribution in [-0.2, 0) is 17.7 Å². The number of rotatable bonds is 22. The molecule has 0 saturated carbocycles. The van der Waals surface area contributed by atoms with Crippen LogP contribution < -0.4 is 0 Å². The molecule has 0 amide bonds. The molecule has 0 aromatic carbocycles. The highest BCUT2D eigenvalue weighted by Crippen LogP contribution is 2.20. The molecule has 0 aliphatic rings. The molecule has 0 fully saturated rings. The van der Waals surface area contributed by atoms with Gasteiger partial charge in [0.05, 0.1) is 0 Å². The van der Waals surface area contributed by atoms with Crippen LogP contribution in [0.1, 0.15) is 58.8 Å². The molecule has 0 aromatic heterocycles. The van der Waals surface area contributed by atoms with Gasteiger partial charge in [-0.3, -0.25) is 0 Å². The molecule has 2 unspecified atom stereocenters. The summed E-state index contributed by atoms with van der Waals surface area (Å²) in [5, 5.41) is 0. The van der Waals surface area contributed by atoms with Gasteiger partial charge in [0.25, 0.3) is 0 Å². The maximum absolute atomic E-state index is 6.26. The zero-order valence-electron chi connectivity index (χ0n) is 20.3. The third kappa shape index (κ3) is 18.4. The molecule has 8 heteroatoms. The monoisotopic (exact) mass is 512 g/mol. The van der Waals surface area contributed by atoms with E-state index in [2.05, 4.69) is 25.2 Å². The van der Waals surface area contributed by atoms with Crippen molar-refractivity contribution >= 4 is 40.3 Å². The van der Waals surface area contributed by atoms with Gasteiger partial charge < -0.3 is 17.7 Å². The van der Waals surface area contributed by atoms with Crippen molar-refractivity contribution in [1.29, 1.82) is 0 Å². The lowest BCUT2D eigenvalue weighted by Crippen LogP contribution is -2.40. The van der Waals surface area contributed by atoms with E-state index in [-0.39, 0.29) is 0 Å². The van der Waals surface area contributed by atoms with Gasteiger partial charge in [-0.15, -0.1) is 23.2 Å². The van der Waals surface area contributed by atoms with Crippen molar-refractivity contribution < 1.29 is 17.7 Å². The molecule has 0 heterocycles. The maximum Gasteiger partial charge on any atom is 0.334 e. The summed E-state index contributed by atoms with van der Waals surface area (Å²) >= 11 is 11.3. The molecule has 0 N–H and O–H groups in total. The second-order valence-corrected chi connectivity index (χ2v) is 15.2. The van der Waals surface area contributed by atoms with Gasteiger partial charge in [0.15, 0.2) is 0 Å². The van der Waals surface area contributed by atoms with Crippen LogP contribution in [0.2, 0.25) is 25.2 Å². The normalized spacial score (nSPS) is 16.2. The summed E-state index contributed by atoms with van der Waals surface area (Å²) in [6.07, 6.45) is 15.9. The van der Waals surface area contributed by atoms with Gasteiger partial charge >= 0.3 is 17.1 Å². The predicted molar refractivity (Wildman–Crippen MR) is 140 cm³/mol. The molecule has 0 aliphatic heterocycles. The summed E-state index contributed by atoms with van der Waals surface area (Å²) in [6.45, 7) is 11.3. The molecule has 0 spiro atoms. The van der Waals surface area contributed by atoms with Gasteiger partial charge in [-0.25, -0.2) is 0 Å². The van der Waals surface area contributed by atoms with E-state index in [1.165, 1.54) is 0 Å². The van der Waals surface area contributed by atoms with E-state index in [1.807, 2.05) is 26.0 Å². The molecular weight excluding hydrogens is 467 g/mol. The van der Waals surface area contributed by atoms with Crippen molar-refractivity contribution in [3.63, 3.8) is 0 Å². The summed E-state index contributed by atoms with van der Waals surface area (Å²) in [4.78, 5) is 0. The Bertz CT molecular complexity index is 429. The number of allylic oxidation sites excluding steroid dienone is 4. The fraction of sp³-hybridized carbons (Fsp3) is 0.826. The quantitative estimate of drug-likeness (QED) is 0.0648. The van der Waals surface area contributed by atoms with Gasteiger partial charge in [0.1, 0.15) is 0 Å². The Kier molecular flexibility index (Phi) is 21.1. The van der Waals surface area contributed by atoms with Gasteiger partial charge in [-0.2, -0.15) is 0 Å². The number of halogens is 2. The lowest BCUT2D eigenvalue weighted by molar-refractivity contribution is 0.144. The molecule has 0 rings (SSSR count). The largest absolute Gasteiger partial charge is 0.395 e. The predicted octanol–water partition coefficient (Wildman–Crippen LogP) is 7.56. The Hall–Kier alpha value is 0.334. The van der Waals surface area contributed by atoms with Crippen LogP contribution in [0.4, 0.5) is 0 Å². The molecule has 2 atom stereocenters. The highest BCUT2D eigenvalue weighted by molar-refractivity contribution is 6.66. The molecule has 0 saturated heterocycles. The highest BCUT2D eigenvalue weighted by atomic mass is 35.5. The second-order valence-electron chi connectivity index (χ2n) is 7.93. The summed E-state index contributed by atoms with van der Waals surface area (Å²) in [6, 6.07) is 2.06. The third-order valence-electron chi connectivity index (χ3n) is 5.02. The maximum atomic E-state index is 6.26. The first kappa shape index (κ1) is 31.3. The van der Waals surface area contributed by atoms with E-state index < -0.39 is 17.1 Å². The third-order valence-corrected chi connectivity index (χ3v) is 11.3. The minimum absolute atomic E-state index is 0.591. The zero-order valence-corrected chi connectivity index (χ0v) is 23.8. The van der Waals surface area contributed by atoms with E-state index in [1.54, 1.807) is 0 Å². The van der Waals surface area contributed by atoms with Crippen LogP contribution >= 0.6 is 23.2 Å². The molecule has 31 heavy (non-hydrogen) atoms. The smallest absolute Gasteiger partial charge is 0.334 e. The number of hydrogen-bond donors (Lipinski definition) is 0. The minimum Gasteiger partial charge on any atom is -0.395 e. The zero-order chi connectivity index (χ0) is 23.3. The average molecular weight is 514 g/mol. The van der Waals surface area contributed by atoms with Crippen molar-refractivity contribution in [3.05, 3.63) is 24.3 Å². The summed E-state index contributed by atoms with van der Waals surface area (Å²) in [5.74, 6) is 1.18. The molecular formula is C23H46Cl2O4Si2. The topological polar surface area (TPSA) is 36.9 Å². The van der Waals surface area contributed by atoms with Crippen LogP contribution in [0.5, 0.6) is 0 Å². The molecule has 184 valence electrons. The molecule has 0 aromatic rings. The van der Waals surface area contributed by atoms with Crippen LogP contribution in [0.25, 0.3) is 0 Å². The Morgan fingerprint density at radius 2 is 1.00 bits per heavy atom. The van der Waals surface area contributed by atoms with E-state index in [0.29, 0.717) is 38.2 Å². The Balaban J connectivity index is 4.21. The lowest BCUT2D eigenvalue weighted by atomic mass is 10.2.